The highest BCUT2D eigenvalue weighted by atomic mass is 79.9. The lowest BCUT2D eigenvalue weighted by molar-refractivity contribution is -0.750. The minimum atomic E-state index is 0. The van der Waals surface area contributed by atoms with Gasteiger partial charge in [-0.1, -0.05) is 15.9 Å². The maximum Gasteiger partial charge on any atom is 0.258 e. The van der Waals surface area contributed by atoms with E-state index in [4.69, 9.17) is 0 Å². The van der Waals surface area contributed by atoms with Crippen LogP contribution in [0.4, 0.5) is 0 Å². The number of nitrogens with zero attached hydrogens (tertiary/aromatic N) is 2. The molecule has 0 N–H and O–H groups in total. The zero-order valence-electron chi connectivity index (χ0n) is 9.96. The van der Waals surface area contributed by atoms with E-state index in [1.54, 1.807) is 0 Å². The number of halogens is 2. The van der Waals surface area contributed by atoms with E-state index < -0.39 is 0 Å². The Morgan fingerprint density at radius 3 is 2.94 bits per heavy atom. The molecule has 2 heterocycles. The van der Waals surface area contributed by atoms with Gasteiger partial charge >= 0.3 is 0 Å². The molecule has 96 valence electrons. The Balaban J connectivity index is 0.00000120. The predicted octanol–water partition coefficient (Wildman–Crippen LogP) is -0.230. The molecule has 18 heavy (non-hydrogen) atoms. The lowest BCUT2D eigenvalue weighted by atomic mass is 9.94. The number of alkyl halides is 1. The van der Waals surface area contributed by atoms with Gasteiger partial charge in [0.05, 0.1) is 11.1 Å². The fraction of sp³-hybridized carbons (Fsp3) is 0.538. The van der Waals surface area contributed by atoms with Gasteiger partial charge in [-0.05, 0) is 37.1 Å². The second-order valence-corrected chi connectivity index (χ2v) is 6.30. The molecule has 0 radical (unpaired) electrons. The summed E-state index contributed by atoms with van der Waals surface area (Å²) in [7, 11) is 0. The molecule has 0 amide bonds. The minimum Gasteiger partial charge on any atom is -1.00 e. The molecule has 0 aromatic carbocycles. The highest BCUT2D eigenvalue weighted by Crippen LogP contribution is 2.33. The number of aromatic nitrogens is 1. The van der Waals surface area contributed by atoms with Crippen molar-refractivity contribution >= 4 is 27.7 Å². The van der Waals surface area contributed by atoms with Crippen LogP contribution < -0.4 is 21.5 Å². The first-order chi connectivity index (χ1) is 8.35. The van der Waals surface area contributed by atoms with Crippen LogP contribution in [0.1, 0.15) is 35.7 Å². The molecule has 1 aliphatic heterocycles. The molecule has 0 fully saturated rings. The number of hydrogen-bond acceptors (Lipinski definition) is 2. The second-order valence-electron chi connectivity index (χ2n) is 4.64. The van der Waals surface area contributed by atoms with Crippen molar-refractivity contribution < 1.29 is 21.5 Å². The van der Waals surface area contributed by atoms with Gasteiger partial charge in [0.2, 0.25) is 0 Å². The summed E-state index contributed by atoms with van der Waals surface area (Å²) in [6.07, 6.45) is 4.88. The Bertz CT molecular complexity index is 511. The molecule has 0 saturated carbocycles. The molecule has 0 saturated heterocycles. The van der Waals surface area contributed by atoms with Crippen molar-refractivity contribution in [1.29, 1.82) is 5.26 Å². The number of rotatable bonds is 1. The summed E-state index contributed by atoms with van der Waals surface area (Å²) in [4.78, 5) is 0. The zero-order chi connectivity index (χ0) is 11.8. The van der Waals surface area contributed by atoms with E-state index in [2.05, 4.69) is 32.6 Å². The molecule has 1 atom stereocenters. The summed E-state index contributed by atoms with van der Waals surface area (Å²) in [6, 6.07) is 5.02. The van der Waals surface area contributed by atoms with Crippen LogP contribution in [0.25, 0.3) is 0 Å². The number of thioether (sulfide) groups is 1. The summed E-state index contributed by atoms with van der Waals surface area (Å²) in [5, 5.41) is 11.5. The van der Waals surface area contributed by atoms with Crippen LogP contribution in [-0.4, -0.2) is 11.1 Å². The first-order valence-corrected chi connectivity index (χ1v) is 8.15. The van der Waals surface area contributed by atoms with Crippen molar-refractivity contribution in [2.45, 2.75) is 36.8 Å². The SMILES string of the molecule is N#Cc1cc2c([n+]3c1SCC3CBr)CCCC2.[Br-]. The van der Waals surface area contributed by atoms with Crippen LogP contribution in [0.3, 0.4) is 0 Å². The fourth-order valence-corrected chi connectivity index (χ4v) is 4.91. The van der Waals surface area contributed by atoms with E-state index in [9.17, 15) is 5.26 Å². The third kappa shape index (κ3) is 2.23. The van der Waals surface area contributed by atoms with Crippen LogP contribution in [-0.2, 0) is 12.8 Å². The summed E-state index contributed by atoms with van der Waals surface area (Å²) in [6.45, 7) is 0. The summed E-state index contributed by atoms with van der Waals surface area (Å²) in [5.74, 6) is 1.09. The lowest BCUT2D eigenvalue weighted by Gasteiger charge is -2.16. The Labute approximate surface area is 131 Å². The van der Waals surface area contributed by atoms with E-state index in [1.165, 1.54) is 35.5 Å². The van der Waals surface area contributed by atoms with Gasteiger partial charge < -0.3 is 17.0 Å². The van der Waals surface area contributed by atoms with Crippen molar-refractivity contribution in [2.75, 3.05) is 11.1 Å². The van der Waals surface area contributed by atoms with Gasteiger partial charge in [0.15, 0.2) is 11.7 Å². The Morgan fingerprint density at radius 2 is 2.22 bits per heavy atom. The molecule has 2 nitrogen and oxygen atoms in total. The Morgan fingerprint density at radius 1 is 1.44 bits per heavy atom. The fourth-order valence-electron chi connectivity index (χ4n) is 2.81. The maximum absolute atomic E-state index is 9.27. The summed E-state index contributed by atoms with van der Waals surface area (Å²) >= 11 is 5.44. The summed E-state index contributed by atoms with van der Waals surface area (Å²) in [5.41, 5.74) is 3.77. The third-order valence-corrected chi connectivity index (χ3v) is 5.60. The van der Waals surface area contributed by atoms with Crippen molar-refractivity contribution in [3.8, 4) is 6.07 Å². The van der Waals surface area contributed by atoms with E-state index in [1.807, 2.05) is 11.8 Å². The van der Waals surface area contributed by atoms with Gasteiger partial charge in [0.25, 0.3) is 5.03 Å². The Hall–Kier alpha value is -0.0500. The lowest BCUT2D eigenvalue weighted by Crippen LogP contribution is -3.00. The van der Waals surface area contributed by atoms with Crippen LogP contribution >= 0.6 is 27.7 Å². The molecule has 2 aliphatic rings. The molecule has 3 rings (SSSR count). The molecule has 1 aliphatic carbocycles. The van der Waals surface area contributed by atoms with Crippen molar-refractivity contribution in [2.24, 2.45) is 0 Å². The van der Waals surface area contributed by atoms with E-state index >= 15 is 0 Å². The normalized spacial score (nSPS) is 20.6. The molecular formula is C13H14Br2N2S. The first-order valence-electron chi connectivity index (χ1n) is 6.04. The molecule has 0 spiro atoms. The zero-order valence-corrected chi connectivity index (χ0v) is 13.9. The van der Waals surface area contributed by atoms with E-state index in [-0.39, 0.29) is 17.0 Å². The smallest absolute Gasteiger partial charge is 0.258 e. The van der Waals surface area contributed by atoms with Gasteiger partial charge in [-0.2, -0.15) is 9.83 Å². The van der Waals surface area contributed by atoms with Crippen LogP contribution in [0, 0.1) is 11.3 Å². The molecular weight excluding hydrogens is 376 g/mol. The van der Waals surface area contributed by atoms with Gasteiger partial charge in [-0.15, -0.1) is 0 Å². The largest absolute Gasteiger partial charge is 1.00 e. The van der Waals surface area contributed by atoms with Crippen molar-refractivity contribution in [3.05, 3.63) is 22.9 Å². The number of pyridine rings is 1. The molecule has 1 unspecified atom stereocenters. The number of nitriles is 1. The van der Waals surface area contributed by atoms with Gasteiger partial charge in [0.1, 0.15) is 11.6 Å². The molecule has 1 aromatic heterocycles. The number of hydrogen-bond donors (Lipinski definition) is 0. The van der Waals surface area contributed by atoms with Crippen LogP contribution in [0.5, 0.6) is 0 Å². The predicted molar refractivity (Wildman–Crippen MR) is 71.5 cm³/mol. The number of aryl methyl sites for hydroxylation is 1. The van der Waals surface area contributed by atoms with Crippen LogP contribution in [0.2, 0.25) is 0 Å². The number of fused-ring (bicyclic) bond motifs is 3. The topological polar surface area (TPSA) is 27.7 Å². The summed E-state index contributed by atoms with van der Waals surface area (Å²) < 4.78 is 2.44. The standard InChI is InChI=1S/C13H14BrN2S.BrH/c14-6-11-8-17-13-10(7-15)5-9-3-1-2-4-12(9)16(11)13;/h5,11H,1-4,6,8H2;1H/q+1;/p-1. The molecule has 5 heteroatoms. The maximum atomic E-state index is 9.27. The highest BCUT2D eigenvalue weighted by molar-refractivity contribution is 9.09. The van der Waals surface area contributed by atoms with Gasteiger partial charge in [0, 0.05) is 12.0 Å². The highest BCUT2D eigenvalue weighted by Gasteiger charge is 2.38. The van der Waals surface area contributed by atoms with Crippen molar-refractivity contribution in [3.63, 3.8) is 0 Å². The average Bonchev–Trinajstić information content (AvgIpc) is 2.82. The average molecular weight is 390 g/mol. The van der Waals surface area contributed by atoms with Gasteiger partial charge in [-0.25, -0.2) is 0 Å². The van der Waals surface area contributed by atoms with E-state index in [0.29, 0.717) is 6.04 Å². The molecule has 0 bridgehead atoms. The monoisotopic (exact) mass is 388 g/mol. The van der Waals surface area contributed by atoms with Gasteiger partial charge in [-0.3, -0.25) is 0 Å². The third-order valence-electron chi connectivity index (χ3n) is 3.62. The second kappa shape index (κ2) is 5.94. The van der Waals surface area contributed by atoms with E-state index in [0.717, 1.165) is 23.1 Å². The molecule has 1 aromatic rings. The van der Waals surface area contributed by atoms with Crippen LogP contribution in [0.15, 0.2) is 11.1 Å². The van der Waals surface area contributed by atoms with Crippen molar-refractivity contribution in [1.82, 2.24) is 0 Å². The first kappa shape index (κ1) is 14.4. The Kier molecular flexibility index (Phi) is 4.74. The minimum absolute atomic E-state index is 0. The quantitative estimate of drug-likeness (QED) is 0.490.